The molecule has 2 heterocycles. The second-order valence-electron chi connectivity index (χ2n) is 5.32. The normalized spacial score (nSPS) is 40.4. The number of piperazine rings is 1. The van der Waals surface area contributed by atoms with Gasteiger partial charge in [0.25, 0.3) is 0 Å². The summed E-state index contributed by atoms with van der Waals surface area (Å²) in [4.78, 5) is 0. The SMILES string of the molecule is CC(C)(C)C12CNCC(COC1)N2. The number of hydrogen-bond donors (Lipinski definition) is 2. The van der Waals surface area contributed by atoms with Crippen molar-refractivity contribution in [2.45, 2.75) is 32.4 Å². The van der Waals surface area contributed by atoms with Crippen molar-refractivity contribution in [1.29, 1.82) is 0 Å². The summed E-state index contributed by atoms with van der Waals surface area (Å²) < 4.78 is 5.66. The maximum Gasteiger partial charge on any atom is 0.0666 e. The van der Waals surface area contributed by atoms with Crippen molar-refractivity contribution >= 4 is 0 Å². The summed E-state index contributed by atoms with van der Waals surface area (Å²) in [5.41, 5.74) is 0.382. The Morgan fingerprint density at radius 3 is 2.77 bits per heavy atom. The summed E-state index contributed by atoms with van der Waals surface area (Å²) in [6.45, 7) is 10.6. The highest BCUT2D eigenvalue weighted by Crippen LogP contribution is 2.33. The van der Waals surface area contributed by atoms with Crippen LogP contribution in [-0.4, -0.2) is 37.9 Å². The molecule has 0 aromatic heterocycles. The van der Waals surface area contributed by atoms with Crippen molar-refractivity contribution in [1.82, 2.24) is 10.6 Å². The van der Waals surface area contributed by atoms with Crippen LogP contribution in [0.2, 0.25) is 0 Å². The minimum absolute atomic E-state index is 0.133. The van der Waals surface area contributed by atoms with Gasteiger partial charge in [0, 0.05) is 19.1 Å². The van der Waals surface area contributed by atoms with Gasteiger partial charge in [-0.2, -0.15) is 0 Å². The molecule has 2 fully saturated rings. The molecule has 2 aliphatic heterocycles. The standard InChI is InChI=1S/C10H20N2O/c1-9(2,3)10-6-11-4-8(12-10)5-13-7-10/h8,11-12H,4-7H2,1-3H3. The number of rotatable bonds is 0. The third kappa shape index (κ3) is 1.49. The highest BCUT2D eigenvalue weighted by atomic mass is 16.5. The van der Waals surface area contributed by atoms with Gasteiger partial charge in [-0.05, 0) is 5.41 Å². The van der Waals surface area contributed by atoms with Gasteiger partial charge in [-0.1, -0.05) is 20.8 Å². The molecule has 76 valence electrons. The smallest absolute Gasteiger partial charge is 0.0666 e. The molecule has 0 aromatic rings. The predicted molar refractivity (Wildman–Crippen MR) is 52.8 cm³/mol. The Morgan fingerprint density at radius 2 is 2.15 bits per heavy atom. The van der Waals surface area contributed by atoms with Crippen molar-refractivity contribution in [3.05, 3.63) is 0 Å². The van der Waals surface area contributed by atoms with Crippen molar-refractivity contribution < 1.29 is 4.74 Å². The van der Waals surface area contributed by atoms with Crippen LogP contribution in [0.3, 0.4) is 0 Å². The van der Waals surface area contributed by atoms with Crippen molar-refractivity contribution in [3.63, 3.8) is 0 Å². The molecule has 3 nitrogen and oxygen atoms in total. The average Bonchev–Trinajstić information content (AvgIpc) is 2.02. The Balaban J connectivity index is 2.19. The van der Waals surface area contributed by atoms with Crippen LogP contribution in [0.4, 0.5) is 0 Å². The number of fused-ring (bicyclic) bond motifs is 2. The largest absolute Gasteiger partial charge is 0.378 e. The molecule has 0 spiro atoms. The summed E-state index contributed by atoms with van der Waals surface area (Å²) in [5.74, 6) is 0. The molecule has 13 heavy (non-hydrogen) atoms. The van der Waals surface area contributed by atoms with Gasteiger partial charge in [-0.3, -0.25) is 0 Å². The van der Waals surface area contributed by atoms with Crippen LogP contribution in [0.1, 0.15) is 20.8 Å². The van der Waals surface area contributed by atoms with Gasteiger partial charge in [-0.15, -0.1) is 0 Å². The van der Waals surface area contributed by atoms with Crippen LogP contribution >= 0.6 is 0 Å². The van der Waals surface area contributed by atoms with E-state index in [1.165, 1.54) is 0 Å². The molecule has 2 aliphatic rings. The third-order valence-electron chi connectivity index (χ3n) is 3.40. The van der Waals surface area contributed by atoms with E-state index < -0.39 is 0 Å². The molecule has 2 atom stereocenters. The predicted octanol–water partition coefficient (Wildman–Crippen LogP) is 0.363. The maximum atomic E-state index is 5.66. The number of morpholine rings is 1. The van der Waals surface area contributed by atoms with Crippen LogP contribution < -0.4 is 10.6 Å². The molecule has 2 N–H and O–H groups in total. The lowest BCUT2D eigenvalue weighted by molar-refractivity contribution is -0.0644. The summed E-state index contributed by atoms with van der Waals surface area (Å²) in [5, 5.41) is 7.21. The number of ether oxygens (including phenoxy) is 1. The maximum absolute atomic E-state index is 5.66. The molecule has 2 saturated heterocycles. The van der Waals surface area contributed by atoms with Crippen LogP contribution in [0.15, 0.2) is 0 Å². The van der Waals surface area contributed by atoms with Gasteiger partial charge in [0.2, 0.25) is 0 Å². The average molecular weight is 184 g/mol. The summed E-state index contributed by atoms with van der Waals surface area (Å²) >= 11 is 0. The van der Waals surface area contributed by atoms with E-state index in [1.54, 1.807) is 0 Å². The van der Waals surface area contributed by atoms with Gasteiger partial charge >= 0.3 is 0 Å². The Bertz CT molecular complexity index is 188. The molecule has 0 saturated carbocycles. The lowest BCUT2D eigenvalue weighted by Crippen LogP contribution is -2.74. The fraction of sp³-hybridized carbons (Fsp3) is 1.00. The first-order valence-electron chi connectivity index (χ1n) is 5.10. The van der Waals surface area contributed by atoms with E-state index in [1.807, 2.05) is 0 Å². The highest BCUT2D eigenvalue weighted by molar-refractivity contribution is 5.06. The first kappa shape index (κ1) is 9.44. The monoisotopic (exact) mass is 184 g/mol. The molecule has 0 amide bonds. The topological polar surface area (TPSA) is 33.3 Å². The summed E-state index contributed by atoms with van der Waals surface area (Å²) in [6, 6.07) is 0.502. The molecule has 0 aromatic carbocycles. The van der Waals surface area contributed by atoms with Gasteiger partial charge in [-0.25, -0.2) is 0 Å². The van der Waals surface area contributed by atoms with Gasteiger partial charge < -0.3 is 15.4 Å². The Labute approximate surface area is 80.2 Å². The van der Waals surface area contributed by atoms with Crippen LogP contribution in [-0.2, 0) is 4.74 Å². The number of hydrogen-bond acceptors (Lipinski definition) is 3. The lowest BCUT2D eigenvalue weighted by Gasteiger charge is -2.53. The molecule has 2 rings (SSSR count). The molecule has 0 aliphatic carbocycles. The van der Waals surface area contributed by atoms with Gasteiger partial charge in [0.1, 0.15) is 0 Å². The molecule has 2 unspecified atom stereocenters. The molecular weight excluding hydrogens is 164 g/mol. The van der Waals surface area contributed by atoms with Crippen LogP contribution in [0, 0.1) is 5.41 Å². The zero-order chi connectivity index (χ0) is 9.53. The van der Waals surface area contributed by atoms with Gasteiger partial charge in [0.05, 0.1) is 18.8 Å². The fourth-order valence-electron chi connectivity index (χ4n) is 2.22. The minimum atomic E-state index is 0.133. The first-order valence-corrected chi connectivity index (χ1v) is 5.10. The van der Waals surface area contributed by atoms with E-state index in [9.17, 15) is 0 Å². The molecule has 2 bridgehead atoms. The summed E-state index contributed by atoms with van der Waals surface area (Å²) in [7, 11) is 0. The van der Waals surface area contributed by atoms with E-state index >= 15 is 0 Å². The van der Waals surface area contributed by atoms with E-state index in [2.05, 4.69) is 31.4 Å². The van der Waals surface area contributed by atoms with Crippen molar-refractivity contribution in [2.24, 2.45) is 5.41 Å². The third-order valence-corrected chi connectivity index (χ3v) is 3.40. The van der Waals surface area contributed by atoms with Crippen LogP contribution in [0.5, 0.6) is 0 Å². The second kappa shape index (κ2) is 2.94. The molecular formula is C10H20N2O. The zero-order valence-electron chi connectivity index (χ0n) is 8.81. The second-order valence-corrected chi connectivity index (χ2v) is 5.32. The van der Waals surface area contributed by atoms with Crippen LogP contribution in [0.25, 0.3) is 0 Å². The quantitative estimate of drug-likeness (QED) is 0.570. The van der Waals surface area contributed by atoms with E-state index in [0.717, 1.165) is 26.3 Å². The minimum Gasteiger partial charge on any atom is -0.378 e. The summed E-state index contributed by atoms with van der Waals surface area (Å²) in [6.07, 6.45) is 0. The fourth-order valence-corrected chi connectivity index (χ4v) is 2.22. The van der Waals surface area contributed by atoms with E-state index in [-0.39, 0.29) is 11.0 Å². The Hall–Kier alpha value is -0.120. The molecule has 3 heteroatoms. The molecule has 0 radical (unpaired) electrons. The number of nitrogens with one attached hydrogen (secondary N) is 2. The van der Waals surface area contributed by atoms with Gasteiger partial charge in [0.15, 0.2) is 0 Å². The first-order chi connectivity index (χ1) is 6.04. The Morgan fingerprint density at radius 1 is 1.38 bits per heavy atom. The lowest BCUT2D eigenvalue weighted by atomic mass is 9.72. The Kier molecular flexibility index (Phi) is 2.13. The van der Waals surface area contributed by atoms with E-state index in [0.29, 0.717) is 6.04 Å². The zero-order valence-corrected chi connectivity index (χ0v) is 8.81. The van der Waals surface area contributed by atoms with E-state index in [4.69, 9.17) is 4.74 Å². The highest BCUT2D eigenvalue weighted by Gasteiger charge is 2.47. The van der Waals surface area contributed by atoms with Crippen molar-refractivity contribution in [3.8, 4) is 0 Å². The van der Waals surface area contributed by atoms with Crippen molar-refractivity contribution in [2.75, 3.05) is 26.3 Å².